The fraction of sp³-hybridized carbons (Fsp3) is 0.300. The van der Waals surface area contributed by atoms with E-state index in [0.717, 1.165) is 11.1 Å². The molecule has 132 valence electrons. The first-order chi connectivity index (χ1) is 12.0. The molecular weight excluding hydrogens is 316 g/mol. The van der Waals surface area contributed by atoms with Crippen molar-refractivity contribution >= 4 is 12.0 Å². The Morgan fingerprint density at radius 1 is 0.960 bits per heavy atom. The van der Waals surface area contributed by atoms with Crippen molar-refractivity contribution in [2.45, 2.75) is 39.5 Å². The lowest BCUT2D eigenvalue weighted by atomic mass is 10.1. The molecule has 0 unspecified atom stereocenters. The summed E-state index contributed by atoms with van der Waals surface area (Å²) in [6.07, 6.45) is -0.310. The largest absolute Gasteiger partial charge is 0.454 e. The molecule has 5 nitrogen and oxygen atoms in total. The van der Waals surface area contributed by atoms with Gasteiger partial charge in [0, 0.05) is 12.6 Å². The third kappa shape index (κ3) is 5.95. The number of esters is 1. The second-order valence-electron chi connectivity index (χ2n) is 6.14. The molecule has 0 fully saturated rings. The van der Waals surface area contributed by atoms with E-state index in [1.807, 2.05) is 51.1 Å². The van der Waals surface area contributed by atoms with Crippen LogP contribution in [0.5, 0.6) is 0 Å². The van der Waals surface area contributed by atoms with Crippen LogP contribution < -0.4 is 10.6 Å². The van der Waals surface area contributed by atoms with Gasteiger partial charge in [0.15, 0.2) is 0 Å². The first-order valence-electron chi connectivity index (χ1n) is 8.35. The van der Waals surface area contributed by atoms with Gasteiger partial charge in [0.25, 0.3) is 0 Å². The molecule has 0 aliphatic rings. The Bertz CT molecular complexity index is 697. The van der Waals surface area contributed by atoms with Gasteiger partial charge >= 0.3 is 12.0 Å². The van der Waals surface area contributed by atoms with E-state index in [1.54, 1.807) is 24.3 Å². The van der Waals surface area contributed by atoms with E-state index in [4.69, 9.17) is 4.74 Å². The molecular formula is C20H24N2O3. The standard InChI is InChI=1S/C20H24N2O3/c1-14(2)22-20(24)21-13-16-9-11-18(12-10-16)19(23)25-15(3)17-7-5-4-6-8-17/h4-12,14-15H,13H2,1-3H3,(H2,21,22,24)/t15-/m1/s1. The van der Waals surface area contributed by atoms with E-state index in [2.05, 4.69) is 10.6 Å². The highest BCUT2D eigenvalue weighted by atomic mass is 16.5. The van der Waals surface area contributed by atoms with E-state index in [-0.39, 0.29) is 24.1 Å². The van der Waals surface area contributed by atoms with Crippen molar-refractivity contribution in [1.29, 1.82) is 0 Å². The summed E-state index contributed by atoms with van der Waals surface area (Å²) in [6, 6.07) is 16.5. The van der Waals surface area contributed by atoms with Crippen LogP contribution in [0.25, 0.3) is 0 Å². The van der Waals surface area contributed by atoms with Crippen LogP contribution in [0.2, 0.25) is 0 Å². The summed E-state index contributed by atoms with van der Waals surface area (Å²) in [4.78, 5) is 23.8. The quantitative estimate of drug-likeness (QED) is 0.786. The number of carbonyl (C=O) groups is 2. The molecule has 0 heterocycles. The third-order valence-corrected chi connectivity index (χ3v) is 3.62. The van der Waals surface area contributed by atoms with Crippen molar-refractivity contribution in [2.75, 3.05) is 0 Å². The van der Waals surface area contributed by atoms with Crippen molar-refractivity contribution < 1.29 is 14.3 Å². The van der Waals surface area contributed by atoms with Gasteiger partial charge in [-0.1, -0.05) is 42.5 Å². The summed E-state index contributed by atoms with van der Waals surface area (Å²) in [6.45, 7) is 6.04. The molecule has 0 saturated heterocycles. The van der Waals surface area contributed by atoms with Gasteiger partial charge in [0.1, 0.15) is 6.10 Å². The highest BCUT2D eigenvalue weighted by Gasteiger charge is 2.13. The molecule has 0 aromatic heterocycles. The van der Waals surface area contributed by atoms with Crippen LogP contribution in [0.4, 0.5) is 4.79 Å². The second kappa shape index (κ2) is 8.87. The predicted molar refractivity (Wildman–Crippen MR) is 97.2 cm³/mol. The highest BCUT2D eigenvalue weighted by molar-refractivity contribution is 5.89. The molecule has 0 saturated carbocycles. The molecule has 2 N–H and O–H groups in total. The Balaban J connectivity index is 1.88. The number of hydrogen-bond acceptors (Lipinski definition) is 3. The van der Waals surface area contributed by atoms with Gasteiger partial charge in [-0.2, -0.15) is 0 Å². The summed E-state index contributed by atoms with van der Waals surface area (Å²) >= 11 is 0. The zero-order valence-corrected chi connectivity index (χ0v) is 14.8. The van der Waals surface area contributed by atoms with E-state index >= 15 is 0 Å². The molecule has 1 atom stereocenters. The maximum absolute atomic E-state index is 12.2. The summed E-state index contributed by atoms with van der Waals surface area (Å²) in [5.41, 5.74) is 2.34. The van der Waals surface area contributed by atoms with Gasteiger partial charge < -0.3 is 15.4 Å². The van der Waals surface area contributed by atoms with Gasteiger partial charge in [-0.05, 0) is 44.0 Å². The fourth-order valence-electron chi connectivity index (χ4n) is 2.27. The number of hydrogen-bond donors (Lipinski definition) is 2. The van der Waals surface area contributed by atoms with Crippen molar-refractivity contribution in [3.8, 4) is 0 Å². The maximum Gasteiger partial charge on any atom is 0.338 e. The first-order valence-corrected chi connectivity index (χ1v) is 8.35. The van der Waals surface area contributed by atoms with Crippen LogP contribution in [0.1, 0.15) is 48.4 Å². The topological polar surface area (TPSA) is 67.4 Å². The van der Waals surface area contributed by atoms with E-state index < -0.39 is 0 Å². The summed E-state index contributed by atoms with van der Waals surface area (Å²) in [7, 11) is 0. The SMILES string of the molecule is CC(C)NC(=O)NCc1ccc(C(=O)O[C@H](C)c2ccccc2)cc1. The molecule has 5 heteroatoms. The van der Waals surface area contributed by atoms with Crippen LogP contribution in [0.15, 0.2) is 54.6 Å². The van der Waals surface area contributed by atoms with E-state index in [0.29, 0.717) is 12.1 Å². The van der Waals surface area contributed by atoms with Crippen molar-refractivity contribution in [3.05, 3.63) is 71.3 Å². The number of rotatable bonds is 6. The average molecular weight is 340 g/mol. The molecule has 0 bridgehead atoms. The lowest BCUT2D eigenvalue weighted by Crippen LogP contribution is -2.39. The fourth-order valence-corrected chi connectivity index (χ4v) is 2.27. The molecule has 2 aromatic carbocycles. The predicted octanol–water partition coefficient (Wildman–Crippen LogP) is 3.81. The number of carbonyl (C=O) groups excluding carboxylic acids is 2. The summed E-state index contributed by atoms with van der Waals surface area (Å²) in [5.74, 6) is -0.367. The maximum atomic E-state index is 12.2. The molecule has 2 amide bonds. The third-order valence-electron chi connectivity index (χ3n) is 3.62. The minimum absolute atomic E-state index is 0.0868. The molecule has 2 aromatic rings. The van der Waals surface area contributed by atoms with Gasteiger partial charge in [-0.3, -0.25) is 0 Å². The van der Waals surface area contributed by atoms with Gasteiger partial charge in [-0.25, -0.2) is 9.59 Å². The molecule has 0 aliphatic carbocycles. The molecule has 0 aliphatic heterocycles. The highest BCUT2D eigenvalue weighted by Crippen LogP contribution is 2.18. The van der Waals surface area contributed by atoms with Crippen LogP contribution in [-0.2, 0) is 11.3 Å². The molecule has 2 rings (SSSR count). The second-order valence-corrected chi connectivity index (χ2v) is 6.14. The smallest absolute Gasteiger partial charge is 0.338 e. The van der Waals surface area contributed by atoms with Gasteiger partial charge in [0.05, 0.1) is 5.56 Å². The Kier molecular flexibility index (Phi) is 6.57. The lowest BCUT2D eigenvalue weighted by Gasteiger charge is -2.14. The van der Waals surface area contributed by atoms with Crippen molar-refractivity contribution in [1.82, 2.24) is 10.6 Å². The Hall–Kier alpha value is -2.82. The summed E-state index contributed by atoms with van der Waals surface area (Å²) < 4.78 is 5.49. The Morgan fingerprint density at radius 3 is 2.20 bits per heavy atom. The first kappa shape index (κ1) is 18.5. The van der Waals surface area contributed by atoms with Crippen molar-refractivity contribution in [3.63, 3.8) is 0 Å². The van der Waals surface area contributed by atoms with Gasteiger partial charge in [-0.15, -0.1) is 0 Å². The number of amides is 2. The number of nitrogens with one attached hydrogen (secondary N) is 2. The average Bonchev–Trinajstić information content (AvgIpc) is 2.60. The van der Waals surface area contributed by atoms with Crippen LogP contribution in [-0.4, -0.2) is 18.0 Å². The zero-order chi connectivity index (χ0) is 18.2. The minimum atomic E-state index is -0.367. The Morgan fingerprint density at radius 2 is 1.60 bits per heavy atom. The van der Waals surface area contributed by atoms with Gasteiger partial charge in [0.2, 0.25) is 0 Å². The van der Waals surface area contributed by atoms with E-state index in [9.17, 15) is 9.59 Å². The zero-order valence-electron chi connectivity index (χ0n) is 14.8. The van der Waals surface area contributed by atoms with E-state index in [1.165, 1.54) is 0 Å². The molecule has 0 spiro atoms. The molecule has 0 radical (unpaired) electrons. The van der Waals surface area contributed by atoms with Crippen LogP contribution in [0, 0.1) is 0 Å². The minimum Gasteiger partial charge on any atom is -0.454 e. The number of urea groups is 1. The van der Waals surface area contributed by atoms with Crippen LogP contribution >= 0.6 is 0 Å². The van der Waals surface area contributed by atoms with Crippen LogP contribution in [0.3, 0.4) is 0 Å². The van der Waals surface area contributed by atoms with Crippen molar-refractivity contribution in [2.24, 2.45) is 0 Å². The summed E-state index contributed by atoms with van der Waals surface area (Å²) in [5, 5.41) is 5.52. The number of benzene rings is 2. The molecule has 25 heavy (non-hydrogen) atoms. The monoisotopic (exact) mass is 340 g/mol. The Labute approximate surface area is 148 Å². The number of ether oxygens (including phenoxy) is 1. The lowest BCUT2D eigenvalue weighted by molar-refractivity contribution is 0.0338. The normalized spacial score (nSPS) is 11.7.